The van der Waals surface area contributed by atoms with Crippen LogP contribution in [0.3, 0.4) is 0 Å². The summed E-state index contributed by atoms with van der Waals surface area (Å²) in [5.74, 6) is 0.441. The molecule has 1 aromatic rings. The Morgan fingerprint density at radius 3 is 2.07 bits per heavy atom. The van der Waals surface area contributed by atoms with Gasteiger partial charge in [-0.15, -0.1) is 0 Å². The molecule has 0 amide bonds. The second-order valence-electron chi connectivity index (χ2n) is 6.04. The van der Waals surface area contributed by atoms with E-state index in [0.717, 1.165) is 6.08 Å². The van der Waals surface area contributed by atoms with Gasteiger partial charge in [-0.1, -0.05) is 0 Å². The summed E-state index contributed by atoms with van der Waals surface area (Å²) in [6, 6.07) is 3.26. The van der Waals surface area contributed by atoms with E-state index in [-0.39, 0.29) is 6.42 Å². The van der Waals surface area contributed by atoms with Crippen LogP contribution in [0.5, 0.6) is 17.2 Å². The summed E-state index contributed by atoms with van der Waals surface area (Å²) >= 11 is 0. The molecule has 1 fully saturated rings. The summed E-state index contributed by atoms with van der Waals surface area (Å²) in [4.78, 5) is 12.0. The van der Waals surface area contributed by atoms with Gasteiger partial charge in [-0.05, 0) is 23.8 Å². The molecule has 27 heavy (non-hydrogen) atoms. The Balaban J connectivity index is 2.10. The number of ether oxygens (including phenoxy) is 4. The van der Waals surface area contributed by atoms with Gasteiger partial charge in [-0.25, -0.2) is 4.79 Å². The maximum Gasteiger partial charge on any atom is 0.331 e. The predicted molar refractivity (Wildman–Crippen MR) is 93.7 cm³/mol. The van der Waals surface area contributed by atoms with Gasteiger partial charge in [0.1, 0.15) is 24.4 Å². The second-order valence-corrected chi connectivity index (χ2v) is 6.04. The summed E-state index contributed by atoms with van der Waals surface area (Å²) < 4.78 is 20.8. The Kier molecular flexibility index (Phi) is 7.03. The molecule has 9 nitrogen and oxygen atoms in total. The molecule has 1 aromatic carbocycles. The van der Waals surface area contributed by atoms with Gasteiger partial charge in [-0.3, -0.25) is 0 Å². The molecule has 1 aliphatic carbocycles. The molecule has 0 unspecified atom stereocenters. The van der Waals surface area contributed by atoms with Crippen LogP contribution in [-0.2, 0) is 9.53 Å². The first-order valence-corrected chi connectivity index (χ1v) is 8.23. The molecule has 0 aromatic heterocycles. The minimum absolute atomic E-state index is 0.191. The molecule has 1 aliphatic rings. The van der Waals surface area contributed by atoms with E-state index in [1.807, 2.05) is 0 Å². The summed E-state index contributed by atoms with van der Waals surface area (Å²) in [5.41, 5.74) is 0.570. The second kappa shape index (κ2) is 9.05. The van der Waals surface area contributed by atoms with Crippen LogP contribution >= 0.6 is 0 Å². The average molecular weight is 384 g/mol. The quantitative estimate of drug-likeness (QED) is 0.377. The SMILES string of the molecule is COc1cc(/C=C/C(=O)O[C@@H]2C[C@@H](O)[C@H](O)[C@@H](O)[C@H]2O)cc(OC)c1OC. The lowest BCUT2D eigenvalue weighted by Gasteiger charge is -2.37. The lowest BCUT2D eigenvalue weighted by molar-refractivity contribution is -0.193. The number of esters is 1. The Bertz CT molecular complexity index is 662. The van der Waals surface area contributed by atoms with Crippen LogP contribution in [0.2, 0.25) is 0 Å². The molecular formula is C18H24O9. The zero-order valence-corrected chi connectivity index (χ0v) is 15.2. The first kappa shape index (κ1) is 21.0. The molecule has 1 saturated carbocycles. The van der Waals surface area contributed by atoms with E-state index in [1.165, 1.54) is 27.4 Å². The summed E-state index contributed by atoms with van der Waals surface area (Å²) in [7, 11) is 4.41. The summed E-state index contributed by atoms with van der Waals surface area (Å²) in [6.07, 6.45) is -4.67. The number of aliphatic hydroxyl groups is 4. The number of carbonyl (C=O) groups is 1. The molecule has 0 aliphatic heterocycles. The first-order chi connectivity index (χ1) is 12.8. The standard InChI is InChI=1S/C18H24O9/c1-24-12-6-9(7-13(25-2)18(12)26-3)4-5-14(20)27-11-8-10(19)15(21)17(23)16(11)22/h4-7,10-11,15-17,19,21-23H,8H2,1-3H3/b5-4+/t10-,11-,15+,16+,17-/m1/s1. The average Bonchev–Trinajstić information content (AvgIpc) is 2.67. The Hall–Kier alpha value is -2.33. The molecule has 5 atom stereocenters. The Morgan fingerprint density at radius 1 is 0.963 bits per heavy atom. The van der Waals surface area contributed by atoms with Gasteiger partial charge in [0.25, 0.3) is 0 Å². The zero-order valence-electron chi connectivity index (χ0n) is 15.2. The van der Waals surface area contributed by atoms with Gasteiger partial charge in [0.2, 0.25) is 5.75 Å². The lowest BCUT2D eigenvalue weighted by atomic mass is 9.87. The Morgan fingerprint density at radius 2 is 1.56 bits per heavy atom. The van der Waals surface area contributed by atoms with Crippen molar-refractivity contribution >= 4 is 12.0 Å². The van der Waals surface area contributed by atoms with E-state index in [2.05, 4.69) is 0 Å². The number of benzene rings is 1. The lowest BCUT2D eigenvalue weighted by Crippen LogP contribution is -2.56. The summed E-state index contributed by atoms with van der Waals surface area (Å²) in [5, 5.41) is 38.7. The molecule has 0 heterocycles. The highest BCUT2D eigenvalue weighted by Gasteiger charge is 2.43. The van der Waals surface area contributed by atoms with Gasteiger partial charge < -0.3 is 39.4 Å². The van der Waals surface area contributed by atoms with Crippen LogP contribution in [0.15, 0.2) is 18.2 Å². The van der Waals surface area contributed by atoms with Gasteiger partial charge in [0.05, 0.1) is 27.4 Å². The highest BCUT2D eigenvalue weighted by atomic mass is 16.6. The molecule has 0 bridgehead atoms. The number of hydrogen-bond acceptors (Lipinski definition) is 9. The number of carbonyl (C=O) groups excluding carboxylic acids is 1. The molecule has 9 heteroatoms. The Labute approximate surface area is 156 Å². The van der Waals surface area contributed by atoms with Crippen LogP contribution in [0.25, 0.3) is 6.08 Å². The normalized spacial score (nSPS) is 28.0. The minimum atomic E-state index is -1.61. The summed E-state index contributed by atoms with van der Waals surface area (Å²) in [6.45, 7) is 0. The van der Waals surface area contributed by atoms with Crippen molar-refractivity contribution in [2.24, 2.45) is 0 Å². The fourth-order valence-electron chi connectivity index (χ4n) is 2.83. The maximum absolute atomic E-state index is 12.0. The van der Waals surface area contributed by atoms with E-state index >= 15 is 0 Å². The van der Waals surface area contributed by atoms with Crippen LogP contribution in [-0.4, -0.2) is 78.2 Å². The van der Waals surface area contributed by atoms with Crippen molar-refractivity contribution in [3.8, 4) is 17.2 Å². The zero-order chi connectivity index (χ0) is 20.1. The van der Waals surface area contributed by atoms with E-state index in [1.54, 1.807) is 12.1 Å². The van der Waals surface area contributed by atoms with E-state index in [4.69, 9.17) is 18.9 Å². The molecular weight excluding hydrogens is 360 g/mol. The number of aliphatic hydroxyl groups excluding tert-OH is 4. The minimum Gasteiger partial charge on any atom is -0.493 e. The fraction of sp³-hybridized carbons (Fsp3) is 0.500. The van der Waals surface area contributed by atoms with Crippen molar-refractivity contribution < 1.29 is 44.2 Å². The van der Waals surface area contributed by atoms with E-state index in [9.17, 15) is 25.2 Å². The highest BCUT2D eigenvalue weighted by Crippen LogP contribution is 2.38. The smallest absolute Gasteiger partial charge is 0.331 e. The van der Waals surface area contributed by atoms with Crippen LogP contribution in [0, 0.1) is 0 Å². The number of rotatable bonds is 6. The topological polar surface area (TPSA) is 135 Å². The van der Waals surface area contributed by atoms with Gasteiger partial charge in [-0.2, -0.15) is 0 Å². The first-order valence-electron chi connectivity index (χ1n) is 8.23. The van der Waals surface area contributed by atoms with Crippen molar-refractivity contribution in [1.82, 2.24) is 0 Å². The van der Waals surface area contributed by atoms with Gasteiger partial charge in [0, 0.05) is 12.5 Å². The molecule has 0 saturated heterocycles. The van der Waals surface area contributed by atoms with Crippen molar-refractivity contribution in [2.75, 3.05) is 21.3 Å². The number of methoxy groups -OCH3 is 3. The van der Waals surface area contributed by atoms with Crippen molar-refractivity contribution in [1.29, 1.82) is 0 Å². The van der Waals surface area contributed by atoms with Crippen molar-refractivity contribution in [2.45, 2.75) is 36.9 Å². The van der Waals surface area contributed by atoms with Crippen LogP contribution in [0.4, 0.5) is 0 Å². The van der Waals surface area contributed by atoms with Gasteiger partial charge in [0.15, 0.2) is 11.5 Å². The number of hydrogen-bond donors (Lipinski definition) is 4. The molecule has 4 N–H and O–H groups in total. The fourth-order valence-corrected chi connectivity index (χ4v) is 2.83. The van der Waals surface area contributed by atoms with E-state index in [0.29, 0.717) is 22.8 Å². The van der Waals surface area contributed by atoms with Crippen molar-refractivity contribution in [3.63, 3.8) is 0 Å². The largest absolute Gasteiger partial charge is 0.493 e. The molecule has 2 rings (SSSR count). The molecule has 150 valence electrons. The monoisotopic (exact) mass is 384 g/mol. The van der Waals surface area contributed by atoms with Crippen LogP contribution < -0.4 is 14.2 Å². The molecule has 0 radical (unpaired) electrons. The third-order valence-electron chi connectivity index (χ3n) is 4.32. The van der Waals surface area contributed by atoms with Crippen molar-refractivity contribution in [3.05, 3.63) is 23.8 Å². The third-order valence-corrected chi connectivity index (χ3v) is 4.32. The molecule has 0 spiro atoms. The van der Waals surface area contributed by atoms with Crippen LogP contribution in [0.1, 0.15) is 12.0 Å². The highest BCUT2D eigenvalue weighted by molar-refractivity contribution is 5.87. The third kappa shape index (κ3) is 4.69. The predicted octanol–water partition coefficient (Wildman–Crippen LogP) is -0.515. The van der Waals surface area contributed by atoms with Gasteiger partial charge >= 0.3 is 5.97 Å². The van der Waals surface area contributed by atoms with E-state index < -0.39 is 36.5 Å². The maximum atomic E-state index is 12.0.